The minimum Gasteiger partial charge on any atom is -0.496 e. The molecule has 0 unspecified atom stereocenters. The standard InChI is InChI=1S/C33H33F2N3O6/c1-18-13-28(43-4)29(32(40)37(18)3)24-10-9-20(22-7-5-6-8-23(22)24)14-27(33(41)42)36-31(39)30-25(34)15-21(16-26(30)35)38-11-12-44-17-19(38)2/h5-10,13,15-16,19,27H,11-12,14,17H2,1-4H3,(H,36,39)(H,41,42)/t19-,27-/m0/s1. The number of halogens is 2. The average molecular weight is 606 g/mol. The van der Waals surface area contributed by atoms with Gasteiger partial charge in [-0.15, -0.1) is 0 Å². The van der Waals surface area contributed by atoms with E-state index in [1.165, 1.54) is 11.7 Å². The van der Waals surface area contributed by atoms with Crippen LogP contribution in [0.3, 0.4) is 0 Å². The molecule has 0 aliphatic carbocycles. The van der Waals surface area contributed by atoms with Crippen molar-refractivity contribution in [2.75, 3.05) is 31.8 Å². The number of amides is 1. The highest BCUT2D eigenvalue weighted by atomic mass is 19.1. The molecule has 3 aromatic carbocycles. The number of ether oxygens (including phenoxy) is 2. The fourth-order valence-corrected chi connectivity index (χ4v) is 5.66. The van der Waals surface area contributed by atoms with E-state index < -0.39 is 35.1 Å². The van der Waals surface area contributed by atoms with Gasteiger partial charge in [-0.1, -0.05) is 36.4 Å². The quantitative estimate of drug-likeness (QED) is 0.305. The van der Waals surface area contributed by atoms with Crippen LogP contribution in [0.15, 0.2) is 59.4 Å². The lowest BCUT2D eigenvalue weighted by Gasteiger charge is -2.35. The van der Waals surface area contributed by atoms with Crippen LogP contribution in [0, 0.1) is 18.6 Å². The molecule has 4 aromatic rings. The Morgan fingerprint density at radius 3 is 2.43 bits per heavy atom. The summed E-state index contributed by atoms with van der Waals surface area (Å²) in [4.78, 5) is 40.4. The number of hydrogen-bond acceptors (Lipinski definition) is 6. The zero-order valence-electron chi connectivity index (χ0n) is 24.8. The summed E-state index contributed by atoms with van der Waals surface area (Å²) in [5.41, 5.74) is 1.38. The first-order chi connectivity index (χ1) is 21.0. The fraction of sp³-hybridized carbons (Fsp3) is 0.303. The molecule has 2 heterocycles. The molecule has 0 radical (unpaired) electrons. The molecule has 230 valence electrons. The molecule has 2 atom stereocenters. The Morgan fingerprint density at radius 2 is 1.80 bits per heavy atom. The first-order valence-electron chi connectivity index (χ1n) is 14.1. The summed E-state index contributed by atoms with van der Waals surface area (Å²) in [6.45, 7) is 4.90. The van der Waals surface area contributed by atoms with Crippen molar-refractivity contribution in [3.8, 4) is 16.9 Å². The molecule has 1 saturated heterocycles. The number of aliphatic carboxylic acids is 1. The van der Waals surface area contributed by atoms with Crippen LogP contribution in [0.4, 0.5) is 14.5 Å². The predicted molar refractivity (Wildman–Crippen MR) is 162 cm³/mol. The summed E-state index contributed by atoms with van der Waals surface area (Å²) < 4.78 is 42.7. The number of carboxylic acids is 1. The van der Waals surface area contributed by atoms with Gasteiger partial charge in [-0.25, -0.2) is 13.6 Å². The summed E-state index contributed by atoms with van der Waals surface area (Å²) in [5, 5.41) is 13.6. The second-order valence-electron chi connectivity index (χ2n) is 10.9. The summed E-state index contributed by atoms with van der Waals surface area (Å²) in [7, 11) is 3.15. The molecule has 9 nitrogen and oxygen atoms in total. The number of aryl methyl sites for hydroxylation is 1. The van der Waals surface area contributed by atoms with E-state index in [9.17, 15) is 19.5 Å². The molecule has 44 heavy (non-hydrogen) atoms. The van der Waals surface area contributed by atoms with Gasteiger partial charge in [0.1, 0.15) is 29.0 Å². The maximum atomic E-state index is 15.1. The van der Waals surface area contributed by atoms with Gasteiger partial charge in [-0.05, 0) is 47.9 Å². The summed E-state index contributed by atoms with van der Waals surface area (Å²) in [5.74, 6) is -4.34. The first kappa shape index (κ1) is 30.7. The number of nitrogens with zero attached hydrogens (tertiary/aromatic N) is 2. The fourth-order valence-electron chi connectivity index (χ4n) is 5.66. The molecule has 0 bridgehead atoms. The number of benzene rings is 3. The van der Waals surface area contributed by atoms with Crippen molar-refractivity contribution >= 4 is 28.3 Å². The van der Waals surface area contributed by atoms with E-state index in [0.29, 0.717) is 53.0 Å². The number of pyridine rings is 1. The third kappa shape index (κ3) is 5.74. The molecule has 0 saturated carbocycles. The van der Waals surface area contributed by atoms with E-state index in [-0.39, 0.29) is 23.7 Å². The Hall–Kier alpha value is -4.77. The van der Waals surface area contributed by atoms with Crippen molar-refractivity contribution in [3.63, 3.8) is 0 Å². The molecule has 1 aliphatic heterocycles. The first-order valence-corrected chi connectivity index (χ1v) is 14.1. The second kappa shape index (κ2) is 12.5. The molecular weight excluding hydrogens is 572 g/mol. The molecule has 11 heteroatoms. The van der Waals surface area contributed by atoms with Crippen molar-refractivity contribution in [3.05, 3.63) is 93.4 Å². The number of nitrogens with one attached hydrogen (secondary N) is 1. The van der Waals surface area contributed by atoms with E-state index in [4.69, 9.17) is 9.47 Å². The van der Waals surface area contributed by atoms with Gasteiger partial charge in [0.05, 0.1) is 25.9 Å². The number of carboxylic acid groups (broad SMARTS) is 1. The molecule has 1 amide bonds. The normalized spacial score (nSPS) is 15.7. The number of rotatable bonds is 8. The van der Waals surface area contributed by atoms with E-state index in [1.807, 2.05) is 13.0 Å². The molecule has 5 rings (SSSR count). The van der Waals surface area contributed by atoms with Gasteiger partial charge in [0.15, 0.2) is 0 Å². The number of aromatic nitrogens is 1. The van der Waals surface area contributed by atoms with Crippen LogP contribution in [0.1, 0.15) is 28.5 Å². The van der Waals surface area contributed by atoms with Gasteiger partial charge >= 0.3 is 5.97 Å². The minimum atomic E-state index is -1.50. The SMILES string of the molecule is COc1cc(C)n(C)c(=O)c1-c1ccc(C[C@H](NC(=O)c2c(F)cc(N3CCOC[C@@H]3C)cc2F)C(=O)O)c2ccccc12. The van der Waals surface area contributed by atoms with E-state index in [2.05, 4.69) is 5.32 Å². The van der Waals surface area contributed by atoms with Crippen LogP contribution in [-0.2, 0) is 23.0 Å². The Labute approximate surface area is 252 Å². The number of carbonyl (C=O) groups excluding carboxylic acids is 1. The van der Waals surface area contributed by atoms with Gasteiger partial charge < -0.3 is 29.4 Å². The Kier molecular flexibility index (Phi) is 8.68. The zero-order valence-corrected chi connectivity index (χ0v) is 24.8. The van der Waals surface area contributed by atoms with Crippen LogP contribution in [0.5, 0.6) is 5.75 Å². The lowest BCUT2D eigenvalue weighted by atomic mass is 9.92. The number of carbonyl (C=O) groups is 2. The maximum absolute atomic E-state index is 15.1. The molecule has 0 spiro atoms. The number of hydrogen-bond donors (Lipinski definition) is 2. The van der Waals surface area contributed by atoms with Crippen molar-refractivity contribution in [1.29, 1.82) is 0 Å². The smallest absolute Gasteiger partial charge is 0.326 e. The van der Waals surface area contributed by atoms with Crippen LogP contribution >= 0.6 is 0 Å². The van der Waals surface area contributed by atoms with Crippen LogP contribution in [-0.4, -0.2) is 60.5 Å². The number of morpholine rings is 1. The lowest BCUT2D eigenvalue weighted by molar-refractivity contribution is -0.139. The van der Waals surface area contributed by atoms with Gasteiger partial charge in [-0.2, -0.15) is 0 Å². The van der Waals surface area contributed by atoms with Crippen molar-refractivity contribution in [1.82, 2.24) is 9.88 Å². The van der Waals surface area contributed by atoms with Crippen LogP contribution < -0.4 is 20.5 Å². The number of fused-ring (bicyclic) bond motifs is 1. The van der Waals surface area contributed by atoms with Gasteiger partial charge in [0.25, 0.3) is 11.5 Å². The Morgan fingerprint density at radius 1 is 1.11 bits per heavy atom. The second-order valence-corrected chi connectivity index (χ2v) is 10.9. The van der Waals surface area contributed by atoms with Crippen molar-refractivity contribution in [2.45, 2.75) is 32.4 Å². The summed E-state index contributed by atoms with van der Waals surface area (Å²) in [6.07, 6.45) is -0.183. The molecule has 1 fully saturated rings. The highest BCUT2D eigenvalue weighted by Gasteiger charge is 2.28. The number of anilines is 1. The maximum Gasteiger partial charge on any atom is 0.326 e. The van der Waals surface area contributed by atoms with Crippen molar-refractivity contribution in [2.24, 2.45) is 7.05 Å². The van der Waals surface area contributed by atoms with E-state index in [1.54, 1.807) is 55.3 Å². The zero-order chi connectivity index (χ0) is 31.7. The lowest BCUT2D eigenvalue weighted by Crippen LogP contribution is -2.44. The van der Waals surface area contributed by atoms with E-state index in [0.717, 1.165) is 17.8 Å². The molecule has 1 aromatic heterocycles. The average Bonchev–Trinajstić information content (AvgIpc) is 2.99. The van der Waals surface area contributed by atoms with Crippen LogP contribution in [0.25, 0.3) is 21.9 Å². The van der Waals surface area contributed by atoms with Crippen molar-refractivity contribution < 1.29 is 33.0 Å². The molecular formula is C33H33F2N3O6. The van der Waals surface area contributed by atoms with Gasteiger partial charge in [0.2, 0.25) is 0 Å². The highest BCUT2D eigenvalue weighted by molar-refractivity contribution is 6.00. The highest BCUT2D eigenvalue weighted by Crippen LogP contribution is 2.35. The van der Waals surface area contributed by atoms with E-state index >= 15 is 8.78 Å². The Bertz CT molecular complexity index is 1800. The topological polar surface area (TPSA) is 110 Å². The predicted octanol–water partition coefficient (Wildman–Crippen LogP) is 4.45. The van der Waals surface area contributed by atoms with Crippen LogP contribution in [0.2, 0.25) is 0 Å². The number of methoxy groups -OCH3 is 1. The monoisotopic (exact) mass is 605 g/mol. The molecule has 2 N–H and O–H groups in total. The van der Waals surface area contributed by atoms with Gasteiger partial charge in [0, 0.05) is 43.5 Å². The Balaban J connectivity index is 1.47. The van der Waals surface area contributed by atoms with Gasteiger partial charge in [-0.3, -0.25) is 9.59 Å². The third-order valence-electron chi connectivity index (χ3n) is 8.12. The third-order valence-corrected chi connectivity index (χ3v) is 8.12. The molecule has 1 aliphatic rings. The minimum absolute atomic E-state index is 0.116. The summed E-state index contributed by atoms with van der Waals surface area (Å²) >= 11 is 0. The largest absolute Gasteiger partial charge is 0.496 e. The summed E-state index contributed by atoms with van der Waals surface area (Å²) in [6, 6.07) is 12.8.